The minimum Gasteiger partial charge on any atom is -0.497 e. The summed E-state index contributed by atoms with van der Waals surface area (Å²) in [5, 5.41) is 1.18. The van der Waals surface area contributed by atoms with Crippen LogP contribution in [0, 0.1) is 0 Å². The van der Waals surface area contributed by atoms with Crippen LogP contribution in [0.25, 0.3) is 17.0 Å². The quantitative estimate of drug-likeness (QED) is 0.538. The van der Waals surface area contributed by atoms with E-state index in [4.69, 9.17) is 15.2 Å². The van der Waals surface area contributed by atoms with Crippen molar-refractivity contribution in [1.29, 1.82) is 0 Å². The van der Waals surface area contributed by atoms with Gasteiger partial charge in [-0.05, 0) is 54.0 Å². The van der Waals surface area contributed by atoms with Gasteiger partial charge in [0, 0.05) is 29.2 Å². The lowest BCUT2D eigenvalue weighted by molar-refractivity contribution is 0.0600. The summed E-state index contributed by atoms with van der Waals surface area (Å²) in [6.45, 7) is 0.726. The Morgan fingerprint density at radius 1 is 1.18 bits per heavy atom. The van der Waals surface area contributed by atoms with Gasteiger partial charge >= 0.3 is 5.97 Å². The highest BCUT2D eigenvalue weighted by Crippen LogP contribution is 2.29. The number of methoxy groups -OCH3 is 2. The summed E-state index contributed by atoms with van der Waals surface area (Å²) < 4.78 is 10.1. The van der Waals surface area contributed by atoms with Crippen LogP contribution < -0.4 is 10.5 Å². The molecule has 0 unspecified atom stereocenters. The van der Waals surface area contributed by atoms with Crippen molar-refractivity contribution in [3.05, 3.63) is 64.9 Å². The molecule has 3 aromatic rings. The molecule has 2 heterocycles. The number of nitrogens with zero attached hydrogens (tertiary/aromatic N) is 1. The normalized spacial score (nSPS) is 13.4. The molecule has 3 N–H and O–H groups in total. The van der Waals surface area contributed by atoms with Crippen molar-refractivity contribution in [2.75, 3.05) is 26.5 Å². The molecule has 142 valence electrons. The van der Waals surface area contributed by atoms with Gasteiger partial charge in [0.05, 0.1) is 31.2 Å². The lowest BCUT2D eigenvalue weighted by Crippen LogP contribution is -2.10. The Labute approximate surface area is 162 Å². The van der Waals surface area contributed by atoms with Crippen molar-refractivity contribution in [2.45, 2.75) is 6.42 Å². The van der Waals surface area contributed by atoms with E-state index in [2.05, 4.69) is 16.0 Å². The first-order valence-corrected chi connectivity index (χ1v) is 9.00. The predicted molar refractivity (Wildman–Crippen MR) is 111 cm³/mol. The first-order valence-electron chi connectivity index (χ1n) is 9.00. The molecule has 0 amide bonds. The molecule has 6 nitrogen and oxygen atoms in total. The number of esters is 1. The molecule has 4 rings (SSSR count). The van der Waals surface area contributed by atoms with Gasteiger partial charge in [0.15, 0.2) is 0 Å². The molecule has 2 aromatic carbocycles. The first kappa shape index (κ1) is 17.9. The number of hydrogen-bond acceptors (Lipinski definition) is 5. The second kappa shape index (κ2) is 7.23. The Morgan fingerprint density at radius 2 is 2.04 bits per heavy atom. The van der Waals surface area contributed by atoms with Crippen molar-refractivity contribution in [3.8, 4) is 5.75 Å². The molecule has 0 saturated heterocycles. The number of H-pyrrole nitrogens is 1. The molecule has 6 heteroatoms. The Kier molecular flexibility index (Phi) is 4.61. The fourth-order valence-corrected chi connectivity index (χ4v) is 3.48. The van der Waals surface area contributed by atoms with Crippen molar-refractivity contribution >= 4 is 34.3 Å². The van der Waals surface area contributed by atoms with Gasteiger partial charge in [-0.1, -0.05) is 6.08 Å². The Balaban J connectivity index is 1.70. The smallest absolute Gasteiger partial charge is 0.337 e. The minimum absolute atomic E-state index is 0.392. The maximum atomic E-state index is 11.8. The van der Waals surface area contributed by atoms with Gasteiger partial charge in [-0.3, -0.25) is 4.99 Å². The zero-order chi connectivity index (χ0) is 19.7. The van der Waals surface area contributed by atoms with E-state index in [9.17, 15) is 4.79 Å². The van der Waals surface area contributed by atoms with Crippen LogP contribution in [0.4, 0.5) is 5.69 Å². The molecular formula is C22H21N3O3. The number of fused-ring (bicyclic) bond motifs is 3. The third-order valence-electron chi connectivity index (χ3n) is 4.94. The van der Waals surface area contributed by atoms with Gasteiger partial charge in [0.1, 0.15) is 5.75 Å². The number of hydrogen-bond donors (Lipinski definition) is 2. The molecule has 0 saturated carbocycles. The SMILES string of the molecule is COC(=O)c1ccc(N)c(/C=C/C2=NCCc3c2[nH]c2cc(OC)ccc32)c1. The topological polar surface area (TPSA) is 89.7 Å². The highest BCUT2D eigenvalue weighted by atomic mass is 16.5. The van der Waals surface area contributed by atoms with Crippen molar-refractivity contribution in [3.63, 3.8) is 0 Å². The number of allylic oxidation sites excluding steroid dienone is 1. The van der Waals surface area contributed by atoms with E-state index in [1.165, 1.54) is 18.1 Å². The maximum absolute atomic E-state index is 11.8. The van der Waals surface area contributed by atoms with Gasteiger partial charge in [-0.25, -0.2) is 4.79 Å². The van der Waals surface area contributed by atoms with Crippen LogP contribution in [-0.2, 0) is 11.2 Å². The number of aromatic amines is 1. The summed E-state index contributed by atoms with van der Waals surface area (Å²) in [5.41, 5.74) is 12.0. The van der Waals surface area contributed by atoms with Gasteiger partial charge in [-0.2, -0.15) is 0 Å². The molecule has 0 spiro atoms. The van der Waals surface area contributed by atoms with Gasteiger partial charge in [0.25, 0.3) is 0 Å². The van der Waals surface area contributed by atoms with Crippen molar-refractivity contribution in [1.82, 2.24) is 4.98 Å². The lowest BCUT2D eigenvalue weighted by Gasteiger charge is -2.11. The first-order chi connectivity index (χ1) is 13.6. The maximum Gasteiger partial charge on any atom is 0.337 e. The number of anilines is 1. The van der Waals surface area contributed by atoms with Crippen LogP contribution in [0.1, 0.15) is 27.2 Å². The summed E-state index contributed by atoms with van der Waals surface area (Å²) in [4.78, 5) is 19.9. The van der Waals surface area contributed by atoms with E-state index in [1.54, 1.807) is 25.3 Å². The van der Waals surface area contributed by atoms with Crippen LogP contribution in [0.5, 0.6) is 5.75 Å². The third kappa shape index (κ3) is 3.13. The summed E-state index contributed by atoms with van der Waals surface area (Å²) in [6.07, 6.45) is 4.69. The fourth-order valence-electron chi connectivity index (χ4n) is 3.48. The Hall–Kier alpha value is -3.54. The van der Waals surface area contributed by atoms with Gasteiger partial charge in [0.2, 0.25) is 0 Å². The standard InChI is InChI=1S/C22H21N3O3/c1-27-15-5-6-16-17-9-10-24-19(21(17)25-20(16)12-15)8-4-13-11-14(22(26)28-2)3-7-18(13)23/h3-8,11-12,25H,9-10,23H2,1-2H3/b8-4+. The number of aliphatic imine (C=N–C) groups is 1. The number of rotatable bonds is 4. The van der Waals surface area contributed by atoms with E-state index in [-0.39, 0.29) is 0 Å². The van der Waals surface area contributed by atoms with Crippen LogP contribution in [0.2, 0.25) is 0 Å². The van der Waals surface area contributed by atoms with Crippen LogP contribution in [-0.4, -0.2) is 37.4 Å². The number of carbonyl (C=O) groups is 1. The zero-order valence-electron chi connectivity index (χ0n) is 15.8. The molecule has 0 bridgehead atoms. The summed E-state index contributed by atoms with van der Waals surface area (Å²) in [7, 11) is 3.02. The summed E-state index contributed by atoms with van der Waals surface area (Å²) >= 11 is 0. The second-order valence-electron chi connectivity index (χ2n) is 6.58. The highest BCUT2D eigenvalue weighted by Gasteiger charge is 2.18. The molecule has 0 atom stereocenters. The van der Waals surface area contributed by atoms with Crippen LogP contribution in [0.3, 0.4) is 0 Å². The number of benzene rings is 2. The molecule has 1 aliphatic heterocycles. The molecule has 0 radical (unpaired) electrons. The van der Waals surface area contributed by atoms with E-state index in [0.717, 1.165) is 41.2 Å². The molecule has 0 aliphatic carbocycles. The van der Waals surface area contributed by atoms with E-state index < -0.39 is 5.97 Å². The average Bonchev–Trinajstić information content (AvgIpc) is 3.10. The summed E-state index contributed by atoms with van der Waals surface area (Å²) in [5.74, 6) is 0.420. The minimum atomic E-state index is -0.392. The van der Waals surface area contributed by atoms with Gasteiger partial charge < -0.3 is 20.2 Å². The number of carbonyl (C=O) groups excluding carboxylic acids is 1. The van der Waals surface area contributed by atoms with Gasteiger partial charge in [-0.15, -0.1) is 0 Å². The molecule has 1 aromatic heterocycles. The Bertz CT molecular complexity index is 1130. The van der Waals surface area contributed by atoms with Crippen LogP contribution in [0.15, 0.2) is 47.5 Å². The lowest BCUT2D eigenvalue weighted by atomic mass is 10.0. The predicted octanol–water partition coefficient (Wildman–Crippen LogP) is 3.60. The van der Waals surface area contributed by atoms with E-state index in [1.807, 2.05) is 24.3 Å². The molecule has 28 heavy (non-hydrogen) atoms. The number of nitrogens with one attached hydrogen (secondary N) is 1. The highest BCUT2D eigenvalue weighted by molar-refractivity contribution is 6.14. The number of nitrogen functional groups attached to an aromatic ring is 1. The van der Waals surface area contributed by atoms with Crippen molar-refractivity contribution < 1.29 is 14.3 Å². The largest absolute Gasteiger partial charge is 0.497 e. The van der Waals surface area contributed by atoms with E-state index >= 15 is 0 Å². The van der Waals surface area contributed by atoms with Crippen molar-refractivity contribution in [2.24, 2.45) is 4.99 Å². The second-order valence-corrected chi connectivity index (χ2v) is 6.58. The number of aromatic nitrogens is 1. The number of nitrogens with two attached hydrogens (primary N) is 1. The Morgan fingerprint density at radius 3 is 2.82 bits per heavy atom. The van der Waals surface area contributed by atoms with Crippen LogP contribution >= 0.6 is 0 Å². The summed E-state index contributed by atoms with van der Waals surface area (Å²) in [6, 6.07) is 11.1. The molecule has 0 fully saturated rings. The molecule has 1 aliphatic rings. The fraction of sp³-hybridized carbons (Fsp3) is 0.182. The monoisotopic (exact) mass is 375 g/mol. The number of ether oxygens (including phenoxy) is 2. The van der Waals surface area contributed by atoms with E-state index in [0.29, 0.717) is 11.3 Å². The average molecular weight is 375 g/mol. The third-order valence-corrected chi connectivity index (χ3v) is 4.94. The zero-order valence-corrected chi connectivity index (χ0v) is 15.8. The molecular weight excluding hydrogens is 354 g/mol.